The van der Waals surface area contributed by atoms with Crippen LogP contribution in [0.2, 0.25) is 5.02 Å². The molecule has 1 amide bonds. The number of aromatic nitrogens is 2. The number of rotatable bonds is 8. The monoisotopic (exact) mass is 434 g/mol. The van der Waals surface area contributed by atoms with Crippen LogP contribution in [-0.2, 0) is 19.6 Å². The van der Waals surface area contributed by atoms with Gasteiger partial charge in [0.1, 0.15) is 5.82 Å². The molecule has 0 aliphatic rings. The van der Waals surface area contributed by atoms with Crippen LogP contribution in [0.4, 0.5) is 5.69 Å². The summed E-state index contributed by atoms with van der Waals surface area (Å²) in [6, 6.07) is 22.7. The third-order valence-electron chi connectivity index (χ3n) is 5.02. The molecule has 0 aliphatic heterocycles. The molecule has 4 rings (SSSR count). The van der Waals surface area contributed by atoms with E-state index in [-0.39, 0.29) is 12.5 Å². The summed E-state index contributed by atoms with van der Waals surface area (Å²) in [6.45, 7) is 1.26. The van der Waals surface area contributed by atoms with Crippen molar-refractivity contribution in [2.45, 2.75) is 19.6 Å². The number of para-hydroxylation sites is 1. The minimum atomic E-state index is -0.150. The van der Waals surface area contributed by atoms with Gasteiger partial charge in [0.2, 0.25) is 0 Å². The molecule has 7 heteroatoms. The first kappa shape index (κ1) is 20.9. The van der Waals surface area contributed by atoms with Crippen molar-refractivity contribution in [2.75, 3.05) is 11.9 Å². The molecule has 158 valence electrons. The van der Waals surface area contributed by atoms with Crippen molar-refractivity contribution in [1.29, 1.82) is 0 Å². The lowest BCUT2D eigenvalue weighted by Crippen LogP contribution is -2.24. The molecule has 3 aromatic carbocycles. The number of amides is 1. The van der Waals surface area contributed by atoms with Gasteiger partial charge in [-0.15, -0.1) is 0 Å². The Labute approximate surface area is 185 Å². The van der Waals surface area contributed by atoms with Crippen molar-refractivity contribution in [2.24, 2.45) is 0 Å². The first-order valence-corrected chi connectivity index (χ1v) is 10.4. The van der Waals surface area contributed by atoms with E-state index >= 15 is 0 Å². The van der Waals surface area contributed by atoms with E-state index in [4.69, 9.17) is 11.6 Å². The van der Waals surface area contributed by atoms with Gasteiger partial charge in [-0.2, -0.15) is 0 Å². The Morgan fingerprint density at radius 1 is 1.00 bits per heavy atom. The highest BCUT2D eigenvalue weighted by Gasteiger charge is 2.14. The van der Waals surface area contributed by atoms with Crippen LogP contribution in [0.5, 0.6) is 0 Å². The van der Waals surface area contributed by atoms with E-state index < -0.39 is 0 Å². The second-order valence-corrected chi connectivity index (χ2v) is 7.54. The maximum Gasteiger partial charge on any atom is 0.253 e. The summed E-state index contributed by atoms with van der Waals surface area (Å²) in [5, 5.41) is 16.4. The predicted molar refractivity (Wildman–Crippen MR) is 123 cm³/mol. The summed E-state index contributed by atoms with van der Waals surface area (Å²) in [4.78, 5) is 17.4. The Hall–Kier alpha value is -3.35. The molecule has 0 radical (unpaired) electrons. The van der Waals surface area contributed by atoms with Crippen LogP contribution < -0.4 is 10.6 Å². The molecule has 3 N–H and O–H groups in total. The molecule has 0 fully saturated rings. The Morgan fingerprint density at radius 3 is 2.58 bits per heavy atom. The summed E-state index contributed by atoms with van der Waals surface area (Å²) >= 11 is 6.14. The lowest BCUT2D eigenvalue weighted by Gasteiger charge is -2.13. The lowest BCUT2D eigenvalue weighted by molar-refractivity contribution is 0.0951. The van der Waals surface area contributed by atoms with Crippen LogP contribution in [0, 0.1) is 0 Å². The molecule has 1 heterocycles. The summed E-state index contributed by atoms with van der Waals surface area (Å²) in [5.74, 6) is 0.605. The van der Waals surface area contributed by atoms with E-state index in [1.807, 2.05) is 65.2 Å². The number of nitrogens with zero attached hydrogens (tertiary/aromatic N) is 2. The van der Waals surface area contributed by atoms with Gasteiger partial charge in [0.15, 0.2) is 0 Å². The number of halogens is 1. The van der Waals surface area contributed by atoms with Gasteiger partial charge in [-0.1, -0.05) is 54.1 Å². The number of carbonyl (C=O) groups is 1. The van der Waals surface area contributed by atoms with Crippen LogP contribution >= 0.6 is 11.6 Å². The maximum atomic E-state index is 12.8. The zero-order valence-electron chi connectivity index (χ0n) is 16.9. The van der Waals surface area contributed by atoms with Gasteiger partial charge >= 0.3 is 0 Å². The smallest absolute Gasteiger partial charge is 0.253 e. The molecule has 0 unspecified atom stereocenters. The molecular formula is C24H23ClN4O2. The molecule has 1 aromatic heterocycles. The Bertz CT molecular complexity index is 1190. The fourth-order valence-corrected chi connectivity index (χ4v) is 3.68. The highest BCUT2D eigenvalue weighted by molar-refractivity contribution is 6.31. The minimum Gasteiger partial charge on any atom is -0.395 e. The van der Waals surface area contributed by atoms with Crippen molar-refractivity contribution >= 4 is 34.2 Å². The SMILES string of the molecule is O=C(NCc1ccccc1)c1ccccc1NCc1nc2ccc(Cl)cc2n1CCO. The number of aliphatic hydroxyl groups is 1. The van der Waals surface area contributed by atoms with Gasteiger partial charge < -0.3 is 20.3 Å². The summed E-state index contributed by atoms with van der Waals surface area (Å²) in [7, 11) is 0. The number of hydrogen-bond acceptors (Lipinski definition) is 4. The van der Waals surface area contributed by atoms with Gasteiger partial charge in [-0.3, -0.25) is 4.79 Å². The van der Waals surface area contributed by atoms with Crippen molar-refractivity contribution in [3.63, 3.8) is 0 Å². The quantitative estimate of drug-likeness (QED) is 0.388. The summed E-state index contributed by atoms with van der Waals surface area (Å²) < 4.78 is 1.94. The van der Waals surface area contributed by atoms with Gasteiger partial charge in [-0.25, -0.2) is 4.98 Å². The number of nitrogens with one attached hydrogen (secondary N) is 2. The van der Waals surface area contributed by atoms with E-state index in [1.54, 1.807) is 12.1 Å². The third kappa shape index (κ3) is 4.87. The second kappa shape index (κ2) is 9.64. The van der Waals surface area contributed by atoms with Crippen LogP contribution in [0.15, 0.2) is 72.8 Å². The van der Waals surface area contributed by atoms with E-state index in [0.29, 0.717) is 35.9 Å². The largest absolute Gasteiger partial charge is 0.395 e. The number of anilines is 1. The molecular weight excluding hydrogens is 412 g/mol. The number of benzene rings is 3. The van der Waals surface area contributed by atoms with E-state index in [2.05, 4.69) is 15.6 Å². The van der Waals surface area contributed by atoms with Gasteiger partial charge in [0.05, 0.1) is 29.7 Å². The molecule has 0 aliphatic carbocycles. The van der Waals surface area contributed by atoms with E-state index in [9.17, 15) is 9.90 Å². The number of fused-ring (bicyclic) bond motifs is 1. The highest BCUT2D eigenvalue weighted by Crippen LogP contribution is 2.22. The number of carbonyl (C=O) groups excluding carboxylic acids is 1. The van der Waals surface area contributed by atoms with Crippen molar-refractivity contribution in [3.05, 3.63) is 94.8 Å². The topological polar surface area (TPSA) is 79.2 Å². The predicted octanol–water partition coefficient (Wildman–Crippen LogP) is 4.22. The average molecular weight is 435 g/mol. The number of imidazole rings is 1. The van der Waals surface area contributed by atoms with Crippen molar-refractivity contribution < 1.29 is 9.90 Å². The summed E-state index contributed by atoms with van der Waals surface area (Å²) in [6.07, 6.45) is 0. The highest BCUT2D eigenvalue weighted by atomic mass is 35.5. The van der Waals surface area contributed by atoms with Crippen LogP contribution in [0.3, 0.4) is 0 Å². The lowest BCUT2D eigenvalue weighted by atomic mass is 10.1. The molecule has 0 atom stereocenters. The van der Waals surface area contributed by atoms with Gasteiger partial charge in [0, 0.05) is 23.8 Å². The number of aliphatic hydroxyl groups excluding tert-OH is 1. The van der Waals surface area contributed by atoms with Crippen molar-refractivity contribution in [3.8, 4) is 0 Å². The van der Waals surface area contributed by atoms with Gasteiger partial charge in [0.25, 0.3) is 5.91 Å². The Morgan fingerprint density at radius 2 is 1.77 bits per heavy atom. The zero-order chi connectivity index (χ0) is 21.6. The normalized spacial score (nSPS) is 10.9. The second-order valence-electron chi connectivity index (χ2n) is 7.10. The average Bonchev–Trinajstić information content (AvgIpc) is 3.14. The van der Waals surface area contributed by atoms with Crippen LogP contribution in [0.1, 0.15) is 21.7 Å². The molecule has 0 bridgehead atoms. The fraction of sp³-hybridized carbons (Fsp3) is 0.167. The third-order valence-corrected chi connectivity index (χ3v) is 5.25. The summed E-state index contributed by atoms with van der Waals surface area (Å²) in [5.41, 5.74) is 3.99. The van der Waals surface area contributed by atoms with Crippen molar-refractivity contribution in [1.82, 2.24) is 14.9 Å². The van der Waals surface area contributed by atoms with E-state index in [0.717, 1.165) is 22.4 Å². The molecule has 4 aromatic rings. The molecule has 0 saturated heterocycles. The fourth-order valence-electron chi connectivity index (χ4n) is 3.51. The van der Waals surface area contributed by atoms with Crippen LogP contribution in [0.25, 0.3) is 11.0 Å². The molecule has 6 nitrogen and oxygen atoms in total. The molecule has 31 heavy (non-hydrogen) atoms. The minimum absolute atomic E-state index is 0.0105. The first-order chi connectivity index (χ1) is 15.2. The number of hydrogen-bond donors (Lipinski definition) is 3. The zero-order valence-corrected chi connectivity index (χ0v) is 17.6. The van der Waals surface area contributed by atoms with Crippen LogP contribution in [-0.4, -0.2) is 27.2 Å². The standard InChI is InChI=1S/C24H23ClN4O2/c25-18-10-11-21-22(14-18)29(12-13-30)23(28-21)16-26-20-9-5-4-8-19(20)24(31)27-15-17-6-2-1-3-7-17/h1-11,14,26,30H,12-13,15-16H2,(H,27,31). The molecule has 0 saturated carbocycles. The maximum absolute atomic E-state index is 12.8. The van der Waals surface area contributed by atoms with E-state index in [1.165, 1.54) is 0 Å². The Kier molecular flexibility index (Phi) is 6.50. The van der Waals surface area contributed by atoms with Gasteiger partial charge in [-0.05, 0) is 35.9 Å². The Balaban J connectivity index is 1.52. The molecule has 0 spiro atoms. The first-order valence-electron chi connectivity index (χ1n) is 10.1.